The van der Waals surface area contributed by atoms with Crippen molar-refractivity contribution in [1.82, 2.24) is 10.9 Å². The van der Waals surface area contributed by atoms with Gasteiger partial charge in [-0.05, 0) is 31.2 Å². The Morgan fingerprint density at radius 2 is 1.72 bits per heavy atom. The molecule has 0 aliphatic carbocycles. The molecule has 2 aromatic rings. The van der Waals surface area contributed by atoms with Crippen molar-refractivity contribution in [3.8, 4) is 11.5 Å². The van der Waals surface area contributed by atoms with Gasteiger partial charge in [-0.15, -0.1) is 0 Å². The molecule has 25 heavy (non-hydrogen) atoms. The summed E-state index contributed by atoms with van der Waals surface area (Å²) in [4.78, 5) is 23.5. The summed E-state index contributed by atoms with van der Waals surface area (Å²) in [6.07, 6.45) is -1.01. The smallest absolute Gasteiger partial charge is 0.279 e. The molecule has 1 atom stereocenters. The second kappa shape index (κ2) is 8.89. The van der Waals surface area contributed by atoms with Gasteiger partial charge in [-0.2, -0.15) is 0 Å². The lowest BCUT2D eigenvalue weighted by atomic mass is 10.3. The Morgan fingerprint density at radius 1 is 1.08 bits per heavy atom. The zero-order chi connectivity index (χ0) is 18.2. The van der Waals surface area contributed by atoms with E-state index in [1.54, 1.807) is 30.3 Å². The molecule has 0 radical (unpaired) electrons. The number of carbonyl (C=O) groups excluding carboxylic acids is 2. The van der Waals surface area contributed by atoms with Crippen LogP contribution in [0.4, 0.5) is 4.39 Å². The molecule has 8 heteroatoms. The molecule has 0 aromatic heterocycles. The van der Waals surface area contributed by atoms with E-state index in [0.29, 0.717) is 10.8 Å². The Kier molecular flexibility index (Phi) is 6.59. The van der Waals surface area contributed by atoms with Crippen LogP contribution in [-0.4, -0.2) is 24.5 Å². The highest BCUT2D eigenvalue weighted by Crippen LogP contribution is 2.22. The van der Waals surface area contributed by atoms with Crippen LogP contribution in [0, 0.1) is 5.82 Å². The summed E-state index contributed by atoms with van der Waals surface area (Å²) in [5, 5.41) is 0.367. The largest absolute Gasteiger partial charge is 0.482 e. The third-order valence-corrected chi connectivity index (χ3v) is 3.34. The Bertz CT molecular complexity index is 757. The summed E-state index contributed by atoms with van der Waals surface area (Å²) >= 11 is 5.89. The molecular formula is C17H16ClFN2O4. The fourth-order valence-corrected chi connectivity index (χ4v) is 1.95. The van der Waals surface area contributed by atoms with Crippen LogP contribution in [0.25, 0.3) is 0 Å². The summed E-state index contributed by atoms with van der Waals surface area (Å²) < 4.78 is 23.9. The summed E-state index contributed by atoms with van der Waals surface area (Å²) in [5.74, 6) is -1.53. The number of halogens is 2. The first-order valence-corrected chi connectivity index (χ1v) is 7.72. The SMILES string of the molecule is C[C@H](Oc1ccccc1F)C(=O)NNC(=O)COc1ccccc1Cl. The van der Waals surface area contributed by atoms with Gasteiger partial charge >= 0.3 is 0 Å². The molecule has 0 saturated heterocycles. The molecule has 0 fully saturated rings. The van der Waals surface area contributed by atoms with Crippen LogP contribution in [0.3, 0.4) is 0 Å². The van der Waals surface area contributed by atoms with Crippen LogP contribution in [-0.2, 0) is 9.59 Å². The van der Waals surface area contributed by atoms with Gasteiger partial charge in [-0.1, -0.05) is 35.9 Å². The Hall–Kier alpha value is -2.80. The van der Waals surface area contributed by atoms with E-state index in [-0.39, 0.29) is 12.4 Å². The minimum absolute atomic E-state index is 0.0569. The number of nitrogens with one attached hydrogen (secondary N) is 2. The molecule has 0 aliphatic heterocycles. The number of ether oxygens (including phenoxy) is 2. The molecule has 2 N–H and O–H groups in total. The minimum atomic E-state index is -1.01. The average Bonchev–Trinajstić information content (AvgIpc) is 2.60. The number of amides is 2. The third-order valence-electron chi connectivity index (χ3n) is 3.03. The molecule has 0 bridgehead atoms. The predicted molar refractivity (Wildman–Crippen MR) is 89.7 cm³/mol. The minimum Gasteiger partial charge on any atom is -0.482 e. The summed E-state index contributed by atoms with van der Waals surface area (Å²) in [7, 11) is 0. The molecule has 2 amide bonds. The number of benzene rings is 2. The van der Waals surface area contributed by atoms with Gasteiger partial charge in [0.05, 0.1) is 5.02 Å². The number of hydrazine groups is 1. The normalized spacial score (nSPS) is 11.3. The van der Waals surface area contributed by atoms with Gasteiger partial charge in [0.15, 0.2) is 24.3 Å². The zero-order valence-electron chi connectivity index (χ0n) is 13.3. The number of hydrogen-bond acceptors (Lipinski definition) is 4. The van der Waals surface area contributed by atoms with E-state index in [2.05, 4.69) is 10.9 Å². The van der Waals surface area contributed by atoms with Gasteiger partial charge in [0.1, 0.15) is 5.75 Å². The lowest BCUT2D eigenvalue weighted by molar-refractivity contribution is -0.133. The molecule has 0 aliphatic rings. The molecule has 132 valence electrons. The highest BCUT2D eigenvalue weighted by molar-refractivity contribution is 6.32. The van der Waals surface area contributed by atoms with Crippen molar-refractivity contribution in [1.29, 1.82) is 0 Å². The number of hydrogen-bond donors (Lipinski definition) is 2. The molecule has 2 aromatic carbocycles. The first kappa shape index (κ1) is 18.5. The van der Waals surface area contributed by atoms with E-state index in [1.165, 1.54) is 25.1 Å². The molecular weight excluding hydrogens is 351 g/mol. The first-order chi connectivity index (χ1) is 12.0. The van der Waals surface area contributed by atoms with E-state index in [4.69, 9.17) is 21.1 Å². The van der Waals surface area contributed by atoms with Crippen molar-refractivity contribution in [3.63, 3.8) is 0 Å². The van der Waals surface area contributed by atoms with Gasteiger partial charge in [0.2, 0.25) is 0 Å². The maximum absolute atomic E-state index is 13.5. The van der Waals surface area contributed by atoms with Gasteiger partial charge in [0.25, 0.3) is 11.8 Å². The average molecular weight is 367 g/mol. The third kappa shape index (κ3) is 5.65. The standard InChI is InChI=1S/C17H16ClFN2O4/c1-11(25-15-9-5-3-7-13(15)19)17(23)21-20-16(22)10-24-14-8-4-2-6-12(14)18/h2-9,11H,10H2,1H3,(H,20,22)(H,21,23)/t11-/m0/s1. The second-order valence-electron chi connectivity index (χ2n) is 4.95. The van der Waals surface area contributed by atoms with Gasteiger partial charge in [0, 0.05) is 0 Å². The number of carbonyl (C=O) groups is 2. The van der Waals surface area contributed by atoms with E-state index in [9.17, 15) is 14.0 Å². The highest BCUT2D eigenvalue weighted by Gasteiger charge is 2.17. The Labute approximate surface area is 148 Å². The number of para-hydroxylation sites is 2. The van der Waals surface area contributed by atoms with Crippen molar-refractivity contribution in [2.24, 2.45) is 0 Å². The van der Waals surface area contributed by atoms with Crippen LogP contribution in [0.15, 0.2) is 48.5 Å². The van der Waals surface area contributed by atoms with Gasteiger partial charge < -0.3 is 9.47 Å². The quantitative estimate of drug-likeness (QED) is 0.770. The molecule has 6 nitrogen and oxygen atoms in total. The van der Waals surface area contributed by atoms with Gasteiger partial charge in [-0.3, -0.25) is 20.4 Å². The van der Waals surface area contributed by atoms with E-state index < -0.39 is 23.7 Å². The van der Waals surface area contributed by atoms with Crippen molar-refractivity contribution < 1.29 is 23.5 Å². The lowest BCUT2D eigenvalue weighted by Gasteiger charge is -2.15. The molecule has 0 heterocycles. The predicted octanol–water partition coefficient (Wildman–Crippen LogP) is 2.47. The van der Waals surface area contributed by atoms with E-state index in [0.717, 1.165) is 0 Å². The maximum Gasteiger partial charge on any atom is 0.279 e. The summed E-state index contributed by atoms with van der Waals surface area (Å²) in [6.45, 7) is 1.08. The molecule has 0 saturated carbocycles. The van der Waals surface area contributed by atoms with Crippen molar-refractivity contribution >= 4 is 23.4 Å². The van der Waals surface area contributed by atoms with Crippen LogP contribution in [0.5, 0.6) is 11.5 Å². The van der Waals surface area contributed by atoms with Crippen molar-refractivity contribution in [2.45, 2.75) is 13.0 Å². The van der Waals surface area contributed by atoms with Crippen LogP contribution < -0.4 is 20.3 Å². The van der Waals surface area contributed by atoms with Crippen LogP contribution >= 0.6 is 11.6 Å². The van der Waals surface area contributed by atoms with Crippen molar-refractivity contribution in [2.75, 3.05) is 6.61 Å². The van der Waals surface area contributed by atoms with Crippen molar-refractivity contribution in [3.05, 3.63) is 59.4 Å². The maximum atomic E-state index is 13.5. The molecule has 2 rings (SSSR count). The number of rotatable bonds is 6. The van der Waals surface area contributed by atoms with E-state index in [1.807, 2.05) is 0 Å². The molecule has 0 unspecified atom stereocenters. The fourth-order valence-electron chi connectivity index (χ4n) is 1.76. The summed E-state index contributed by atoms with van der Waals surface area (Å²) in [6, 6.07) is 12.4. The van der Waals surface area contributed by atoms with Crippen LogP contribution in [0.2, 0.25) is 5.02 Å². The second-order valence-corrected chi connectivity index (χ2v) is 5.35. The van der Waals surface area contributed by atoms with E-state index >= 15 is 0 Å². The first-order valence-electron chi connectivity index (χ1n) is 7.34. The summed E-state index contributed by atoms with van der Waals surface area (Å²) in [5.41, 5.74) is 4.35. The highest BCUT2D eigenvalue weighted by atomic mass is 35.5. The fraction of sp³-hybridized carbons (Fsp3) is 0.176. The molecule has 0 spiro atoms. The topological polar surface area (TPSA) is 76.7 Å². The monoisotopic (exact) mass is 366 g/mol. The zero-order valence-corrected chi connectivity index (χ0v) is 14.0. The van der Waals surface area contributed by atoms with Crippen LogP contribution in [0.1, 0.15) is 6.92 Å². The lowest BCUT2D eigenvalue weighted by Crippen LogP contribution is -2.48. The van der Waals surface area contributed by atoms with Gasteiger partial charge in [-0.25, -0.2) is 4.39 Å². The Balaban J connectivity index is 1.76. The Morgan fingerprint density at radius 3 is 2.40 bits per heavy atom.